The molecule has 1 unspecified atom stereocenters. The van der Waals surface area contributed by atoms with Crippen LogP contribution in [0.5, 0.6) is 0 Å². The number of hydrogen-bond acceptors (Lipinski definition) is 1. The van der Waals surface area contributed by atoms with Gasteiger partial charge in [-0.1, -0.05) is 33.3 Å². The molecule has 0 spiro atoms. The topological polar surface area (TPSA) is 3.24 Å². The minimum atomic E-state index is 0.805. The number of rotatable bonds is 7. The van der Waals surface area contributed by atoms with E-state index >= 15 is 0 Å². The van der Waals surface area contributed by atoms with Crippen molar-refractivity contribution in [1.29, 1.82) is 0 Å². The summed E-state index contributed by atoms with van der Waals surface area (Å²) in [5, 5.41) is 0. The molecule has 0 aromatic carbocycles. The van der Waals surface area contributed by atoms with Gasteiger partial charge < -0.3 is 4.90 Å². The first-order valence-corrected chi connectivity index (χ1v) is 5.41. The molecule has 1 heteroatoms. The zero-order chi connectivity index (χ0) is 10.3. The molecule has 0 heterocycles. The molecule has 0 aromatic heterocycles. The molecule has 0 N–H and O–H groups in total. The standard InChI is InChI=1S/C12H25N/c1-6-8-9-13(5)10-12(4)11(3)7-2/h6,11-12H,1,7-10H2,2-5H3/t11?,12-/m1/s1. The molecule has 0 saturated heterocycles. The van der Waals surface area contributed by atoms with Gasteiger partial charge >= 0.3 is 0 Å². The molecule has 0 rings (SSSR count). The smallest absolute Gasteiger partial charge is 0.00129 e. The van der Waals surface area contributed by atoms with E-state index in [0.717, 1.165) is 24.8 Å². The third-order valence-electron chi connectivity index (χ3n) is 2.93. The van der Waals surface area contributed by atoms with Crippen LogP contribution >= 0.6 is 0 Å². The molecule has 0 radical (unpaired) electrons. The molecular weight excluding hydrogens is 158 g/mol. The van der Waals surface area contributed by atoms with Crippen LogP contribution < -0.4 is 0 Å². The van der Waals surface area contributed by atoms with Gasteiger partial charge in [-0.25, -0.2) is 0 Å². The Balaban J connectivity index is 3.63. The van der Waals surface area contributed by atoms with E-state index in [1.54, 1.807) is 0 Å². The molecule has 1 nitrogen and oxygen atoms in total. The fraction of sp³-hybridized carbons (Fsp3) is 0.833. The van der Waals surface area contributed by atoms with Crippen LogP contribution in [0.15, 0.2) is 12.7 Å². The van der Waals surface area contributed by atoms with Crippen molar-refractivity contribution in [2.24, 2.45) is 11.8 Å². The molecule has 0 aliphatic rings. The molecule has 0 aliphatic heterocycles. The summed E-state index contributed by atoms with van der Waals surface area (Å²) in [6.07, 6.45) is 4.38. The van der Waals surface area contributed by atoms with E-state index in [0.29, 0.717) is 0 Å². The van der Waals surface area contributed by atoms with Crippen molar-refractivity contribution in [3.05, 3.63) is 12.7 Å². The minimum absolute atomic E-state index is 0.805. The molecule has 0 aromatic rings. The third-order valence-corrected chi connectivity index (χ3v) is 2.93. The largest absolute Gasteiger partial charge is 0.306 e. The Morgan fingerprint density at radius 1 is 1.31 bits per heavy atom. The predicted octanol–water partition coefficient (Wildman–Crippen LogP) is 3.18. The van der Waals surface area contributed by atoms with Crippen molar-refractivity contribution in [2.75, 3.05) is 20.1 Å². The summed E-state index contributed by atoms with van der Waals surface area (Å²) < 4.78 is 0. The minimum Gasteiger partial charge on any atom is -0.306 e. The van der Waals surface area contributed by atoms with Gasteiger partial charge in [0.05, 0.1) is 0 Å². The lowest BCUT2D eigenvalue weighted by Crippen LogP contribution is -2.28. The van der Waals surface area contributed by atoms with Crippen LogP contribution in [0.25, 0.3) is 0 Å². The fourth-order valence-electron chi connectivity index (χ4n) is 1.48. The summed E-state index contributed by atoms with van der Waals surface area (Å²) in [5.41, 5.74) is 0. The number of nitrogens with zero attached hydrogens (tertiary/aromatic N) is 1. The van der Waals surface area contributed by atoms with E-state index in [9.17, 15) is 0 Å². The quantitative estimate of drug-likeness (QED) is 0.548. The molecule has 13 heavy (non-hydrogen) atoms. The Bertz CT molecular complexity index is 131. The lowest BCUT2D eigenvalue weighted by Gasteiger charge is -2.24. The lowest BCUT2D eigenvalue weighted by atomic mass is 9.93. The van der Waals surface area contributed by atoms with Gasteiger partial charge in [0, 0.05) is 13.1 Å². The highest BCUT2D eigenvalue weighted by atomic mass is 15.1. The second-order valence-corrected chi connectivity index (χ2v) is 4.20. The zero-order valence-electron chi connectivity index (χ0n) is 9.71. The highest BCUT2D eigenvalue weighted by molar-refractivity contribution is 4.70. The van der Waals surface area contributed by atoms with Crippen LogP contribution in [0.3, 0.4) is 0 Å². The van der Waals surface area contributed by atoms with E-state index in [2.05, 4.69) is 39.3 Å². The summed E-state index contributed by atoms with van der Waals surface area (Å²) in [4.78, 5) is 2.40. The van der Waals surface area contributed by atoms with E-state index in [-0.39, 0.29) is 0 Å². The van der Waals surface area contributed by atoms with Crippen LogP contribution in [-0.4, -0.2) is 25.0 Å². The Morgan fingerprint density at radius 2 is 1.92 bits per heavy atom. The van der Waals surface area contributed by atoms with Crippen molar-refractivity contribution < 1.29 is 0 Å². The fourth-order valence-corrected chi connectivity index (χ4v) is 1.48. The van der Waals surface area contributed by atoms with Gasteiger partial charge in [-0.15, -0.1) is 6.58 Å². The van der Waals surface area contributed by atoms with Crippen LogP contribution in [0, 0.1) is 11.8 Å². The normalized spacial score (nSPS) is 15.8. The van der Waals surface area contributed by atoms with Crippen LogP contribution in [0.2, 0.25) is 0 Å². The SMILES string of the molecule is C=CCCN(C)C[C@@H](C)C(C)CC. The Labute approximate surface area is 83.8 Å². The van der Waals surface area contributed by atoms with E-state index in [1.165, 1.54) is 13.0 Å². The maximum atomic E-state index is 3.74. The highest BCUT2D eigenvalue weighted by Crippen LogP contribution is 2.15. The molecule has 0 amide bonds. The maximum absolute atomic E-state index is 3.74. The Morgan fingerprint density at radius 3 is 2.38 bits per heavy atom. The van der Waals surface area contributed by atoms with Gasteiger partial charge in [0.25, 0.3) is 0 Å². The monoisotopic (exact) mass is 183 g/mol. The van der Waals surface area contributed by atoms with E-state index in [1.807, 2.05) is 6.08 Å². The second-order valence-electron chi connectivity index (χ2n) is 4.20. The zero-order valence-corrected chi connectivity index (χ0v) is 9.71. The van der Waals surface area contributed by atoms with Gasteiger partial charge in [-0.3, -0.25) is 0 Å². The van der Waals surface area contributed by atoms with E-state index < -0.39 is 0 Å². The number of hydrogen-bond donors (Lipinski definition) is 0. The van der Waals surface area contributed by atoms with Crippen molar-refractivity contribution >= 4 is 0 Å². The maximum Gasteiger partial charge on any atom is 0.00129 e. The summed E-state index contributed by atoms with van der Waals surface area (Å²) in [7, 11) is 2.20. The van der Waals surface area contributed by atoms with Gasteiger partial charge in [0.15, 0.2) is 0 Å². The highest BCUT2D eigenvalue weighted by Gasteiger charge is 2.11. The first kappa shape index (κ1) is 12.7. The first-order valence-electron chi connectivity index (χ1n) is 5.41. The van der Waals surface area contributed by atoms with Crippen molar-refractivity contribution in [3.8, 4) is 0 Å². The average Bonchev–Trinajstić information content (AvgIpc) is 2.13. The lowest BCUT2D eigenvalue weighted by molar-refractivity contribution is 0.241. The van der Waals surface area contributed by atoms with Crippen LogP contribution in [0.1, 0.15) is 33.6 Å². The molecule has 2 atom stereocenters. The van der Waals surface area contributed by atoms with Gasteiger partial charge in [-0.05, 0) is 25.3 Å². The summed E-state index contributed by atoms with van der Waals surface area (Å²) in [6, 6.07) is 0. The van der Waals surface area contributed by atoms with Crippen molar-refractivity contribution in [1.82, 2.24) is 4.90 Å². The predicted molar refractivity (Wildman–Crippen MR) is 60.9 cm³/mol. The molecular formula is C12H25N. The van der Waals surface area contributed by atoms with Gasteiger partial charge in [-0.2, -0.15) is 0 Å². The second kappa shape index (κ2) is 7.14. The van der Waals surface area contributed by atoms with Crippen LogP contribution in [-0.2, 0) is 0 Å². The molecule has 0 saturated carbocycles. The summed E-state index contributed by atoms with van der Waals surface area (Å²) in [5.74, 6) is 1.64. The Hall–Kier alpha value is -0.300. The van der Waals surface area contributed by atoms with Crippen molar-refractivity contribution in [3.63, 3.8) is 0 Å². The van der Waals surface area contributed by atoms with Gasteiger partial charge in [0.1, 0.15) is 0 Å². The summed E-state index contributed by atoms with van der Waals surface area (Å²) in [6.45, 7) is 13.0. The molecule has 0 bridgehead atoms. The molecule has 0 aliphatic carbocycles. The summed E-state index contributed by atoms with van der Waals surface area (Å²) >= 11 is 0. The molecule has 0 fully saturated rings. The molecule has 78 valence electrons. The first-order chi connectivity index (χ1) is 6.11. The van der Waals surface area contributed by atoms with Crippen LogP contribution in [0.4, 0.5) is 0 Å². The third kappa shape index (κ3) is 5.87. The average molecular weight is 183 g/mol. The Kier molecular flexibility index (Phi) is 6.97. The van der Waals surface area contributed by atoms with E-state index in [4.69, 9.17) is 0 Å². The van der Waals surface area contributed by atoms with Gasteiger partial charge in [0.2, 0.25) is 0 Å². The van der Waals surface area contributed by atoms with Crippen molar-refractivity contribution in [2.45, 2.75) is 33.6 Å².